The van der Waals surface area contributed by atoms with E-state index in [4.69, 9.17) is 0 Å². The van der Waals surface area contributed by atoms with Crippen LogP contribution in [0.5, 0.6) is 0 Å². The number of aliphatic hydroxyl groups is 1. The van der Waals surface area contributed by atoms with Crippen molar-refractivity contribution in [3.63, 3.8) is 0 Å². The van der Waals surface area contributed by atoms with Crippen molar-refractivity contribution in [3.8, 4) is 0 Å². The third kappa shape index (κ3) is 3.75. The average Bonchev–Trinajstić information content (AvgIpc) is 2.69. The van der Waals surface area contributed by atoms with Crippen molar-refractivity contribution in [3.05, 3.63) is 16.1 Å². The number of aromatic nitrogens is 1. The second kappa shape index (κ2) is 6.10. The summed E-state index contributed by atoms with van der Waals surface area (Å²) in [5.74, 6) is 0. The van der Waals surface area contributed by atoms with Gasteiger partial charge in [-0.25, -0.2) is 4.98 Å². The molecule has 1 saturated heterocycles. The van der Waals surface area contributed by atoms with Crippen LogP contribution < -0.4 is 0 Å². The molecule has 0 amide bonds. The zero-order chi connectivity index (χ0) is 13.1. The molecule has 0 radical (unpaired) electrons. The van der Waals surface area contributed by atoms with Crippen LogP contribution in [-0.4, -0.2) is 65.8 Å². The largest absolute Gasteiger partial charge is 0.393 e. The molecule has 0 aromatic carbocycles. The average molecular weight is 269 g/mol. The summed E-state index contributed by atoms with van der Waals surface area (Å²) >= 11 is 1.65. The number of aliphatic hydroxyl groups excluding tert-OH is 1. The lowest BCUT2D eigenvalue weighted by Gasteiger charge is -2.38. The van der Waals surface area contributed by atoms with E-state index in [9.17, 15) is 5.11 Å². The molecule has 1 aromatic rings. The maximum Gasteiger partial charge on any atom is 0.0953 e. The van der Waals surface area contributed by atoms with E-state index < -0.39 is 0 Å². The molecule has 0 bridgehead atoms. The fraction of sp³-hybridized carbons (Fsp3) is 0.769. The van der Waals surface area contributed by atoms with Gasteiger partial charge < -0.3 is 14.9 Å². The van der Waals surface area contributed by atoms with Gasteiger partial charge in [0.25, 0.3) is 0 Å². The highest BCUT2D eigenvalue weighted by molar-refractivity contribution is 7.09. The Morgan fingerprint density at radius 3 is 2.94 bits per heavy atom. The number of rotatable bonds is 4. The molecule has 0 spiro atoms. The van der Waals surface area contributed by atoms with E-state index in [1.807, 2.05) is 12.3 Å². The quantitative estimate of drug-likeness (QED) is 0.885. The van der Waals surface area contributed by atoms with Gasteiger partial charge in [-0.05, 0) is 27.4 Å². The van der Waals surface area contributed by atoms with Gasteiger partial charge in [-0.3, -0.25) is 0 Å². The van der Waals surface area contributed by atoms with Gasteiger partial charge in [0.05, 0.1) is 11.1 Å². The molecule has 5 heteroatoms. The van der Waals surface area contributed by atoms with Gasteiger partial charge in [0, 0.05) is 43.2 Å². The van der Waals surface area contributed by atoms with Crippen molar-refractivity contribution in [1.29, 1.82) is 0 Å². The van der Waals surface area contributed by atoms with Gasteiger partial charge in [0.2, 0.25) is 0 Å². The number of hydrogen-bond donors (Lipinski definition) is 1. The van der Waals surface area contributed by atoms with Crippen molar-refractivity contribution in [2.24, 2.45) is 0 Å². The maximum absolute atomic E-state index is 10.2. The molecule has 1 N–H and O–H groups in total. The fourth-order valence-corrected chi connectivity index (χ4v) is 3.30. The zero-order valence-electron chi connectivity index (χ0n) is 11.5. The lowest BCUT2D eigenvalue weighted by atomic mass is 10.0. The number of likely N-dealkylation sites (N-methyl/N-ethyl adjacent to an activating group) is 2. The van der Waals surface area contributed by atoms with Gasteiger partial charge in [-0.2, -0.15) is 0 Å². The molecule has 0 saturated carbocycles. The first kappa shape index (κ1) is 13.9. The lowest BCUT2D eigenvalue weighted by Crippen LogP contribution is -2.51. The second-order valence-corrected chi connectivity index (χ2v) is 6.32. The molecule has 0 aliphatic carbocycles. The molecule has 1 aliphatic rings. The minimum absolute atomic E-state index is 0.283. The molecular weight excluding hydrogens is 246 g/mol. The number of thiazole rings is 1. The first-order chi connectivity index (χ1) is 8.54. The van der Waals surface area contributed by atoms with E-state index in [1.54, 1.807) is 11.3 Å². The first-order valence-electron chi connectivity index (χ1n) is 6.52. The summed E-state index contributed by atoms with van der Waals surface area (Å²) in [6.45, 7) is 5.25. The molecule has 4 nitrogen and oxygen atoms in total. The summed E-state index contributed by atoms with van der Waals surface area (Å²) < 4.78 is 0. The summed E-state index contributed by atoms with van der Waals surface area (Å²) in [6.07, 6.45) is 1.24. The normalized spacial score (nSPS) is 24.3. The summed E-state index contributed by atoms with van der Waals surface area (Å²) in [6, 6.07) is 0.458. The fourth-order valence-electron chi connectivity index (χ4n) is 2.45. The SMILES string of the molecule is Cc1csc(CC(O)CC2CN(C)CCN2C)n1. The van der Waals surface area contributed by atoms with Crippen LogP contribution in [0.15, 0.2) is 5.38 Å². The Bertz CT molecular complexity index is 382. The minimum atomic E-state index is -0.283. The highest BCUT2D eigenvalue weighted by atomic mass is 32.1. The highest BCUT2D eigenvalue weighted by Gasteiger charge is 2.24. The molecule has 2 rings (SSSR count). The van der Waals surface area contributed by atoms with Gasteiger partial charge in [0.1, 0.15) is 0 Å². The molecule has 18 heavy (non-hydrogen) atoms. The van der Waals surface area contributed by atoms with E-state index in [0.29, 0.717) is 12.5 Å². The maximum atomic E-state index is 10.2. The van der Waals surface area contributed by atoms with Crippen molar-refractivity contribution in [2.75, 3.05) is 33.7 Å². The van der Waals surface area contributed by atoms with Crippen LogP contribution in [0.25, 0.3) is 0 Å². The Balaban J connectivity index is 1.84. The van der Waals surface area contributed by atoms with Crippen LogP contribution in [0.1, 0.15) is 17.1 Å². The number of hydrogen-bond acceptors (Lipinski definition) is 5. The van der Waals surface area contributed by atoms with E-state index in [1.165, 1.54) is 0 Å². The van der Waals surface area contributed by atoms with Gasteiger partial charge in [-0.15, -0.1) is 11.3 Å². The van der Waals surface area contributed by atoms with Crippen LogP contribution in [0.2, 0.25) is 0 Å². The molecule has 1 fully saturated rings. The van der Waals surface area contributed by atoms with Crippen molar-refractivity contribution in [2.45, 2.75) is 31.9 Å². The topological polar surface area (TPSA) is 39.6 Å². The highest BCUT2D eigenvalue weighted by Crippen LogP contribution is 2.16. The number of nitrogens with zero attached hydrogens (tertiary/aromatic N) is 3. The van der Waals surface area contributed by atoms with Gasteiger partial charge >= 0.3 is 0 Å². The predicted molar refractivity (Wildman–Crippen MR) is 75.1 cm³/mol. The zero-order valence-corrected chi connectivity index (χ0v) is 12.3. The Kier molecular flexibility index (Phi) is 4.72. The van der Waals surface area contributed by atoms with Crippen LogP contribution >= 0.6 is 11.3 Å². The van der Waals surface area contributed by atoms with E-state index in [0.717, 1.165) is 36.8 Å². The van der Waals surface area contributed by atoms with Crippen LogP contribution in [0, 0.1) is 6.92 Å². The standard InChI is InChI=1S/C13H23N3OS/c1-10-9-18-13(14-10)7-12(17)6-11-8-15(2)4-5-16(11)3/h9,11-12,17H,4-8H2,1-3H3. The van der Waals surface area contributed by atoms with Crippen molar-refractivity contribution >= 4 is 11.3 Å². The summed E-state index contributed by atoms with van der Waals surface area (Å²) in [4.78, 5) is 9.11. The van der Waals surface area contributed by atoms with Crippen LogP contribution in [0.3, 0.4) is 0 Å². The van der Waals surface area contributed by atoms with E-state index in [2.05, 4.69) is 28.9 Å². The summed E-state index contributed by atoms with van der Waals surface area (Å²) in [5.41, 5.74) is 1.05. The van der Waals surface area contributed by atoms with Crippen LogP contribution in [-0.2, 0) is 6.42 Å². The molecule has 102 valence electrons. The van der Waals surface area contributed by atoms with Gasteiger partial charge in [-0.1, -0.05) is 0 Å². The monoisotopic (exact) mass is 269 g/mol. The minimum Gasteiger partial charge on any atom is -0.393 e. The molecule has 1 aliphatic heterocycles. The molecule has 1 aromatic heterocycles. The summed E-state index contributed by atoms with van der Waals surface area (Å²) in [5, 5.41) is 13.3. The molecule has 2 heterocycles. The molecule has 2 atom stereocenters. The Morgan fingerprint density at radius 1 is 1.50 bits per heavy atom. The number of piperazine rings is 1. The number of aryl methyl sites for hydroxylation is 1. The summed E-state index contributed by atoms with van der Waals surface area (Å²) in [7, 11) is 4.30. The van der Waals surface area contributed by atoms with E-state index >= 15 is 0 Å². The third-order valence-electron chi connectivity index (χ3n) is 3.60. The second-order valence-electron chi connectivity index (χ2n) is 5.37. The Hall–Kier alpha value is -0.490. The Morgan fingerprint density at radius 2 is 2.28 bits per heavy atom. The van der Waals surface area contributed by atoms with Gasteiger partial charge in [0.15, 0.2) is 0 Å². The lowest BCUT2D eigenvalue weighted by molar-refractivity contribution is 0.0638. The first-order valence-corrected chi connectivity index (χ1v) is 7.40. The van der Waals surface area contributed by atoms with Crippen molar-refractivity contribution in [1.82, 2.24) is 14.8 Å². The van der Waals surface area contributed by atoms with Crippen LogP contribution in [0.4, 0.5) is 0 Å². The Labute approximate surface area is 113 Å². The van der Waals surface area contributed by atoms with Crippen molar-refractivity contribution < 1.29 is 5.11 Å². The predicted octanol–water partition coefficient (Wildman–Crippen LogP) is 0.991. The molecular formula is C13H23N3OS. The smallest absolute Gasteiger partial charge is 0.0953 e. The third-order valence-corrected chi connectivity index (χ3v) is 4.59. The molecule has 2 unspecified atom stereocenters. The van der Waals surface area contributed by atoms with E-state index in [-0.39, 0.29) is 6.10 Å².